The molecule has 0 aliphatic carbocycles. The largest absolute Gasteiger partial charge is 0.341 e. The Morgan fingerprint density at radius 2 is 1.62 bits per heavy atom. The maximum Gasteiger partial charge on any atom is 0.270 e. The average molecular weight is 361 g/mol. The van der Waals surface area contributed by atoms with Crippen molar-refractivity contribution in [3.05, 3.63) is 39.4 Å². The molecule has 0 N–H and O–H groups in total. The number of hydrogen-bond donors (Lipinski definition) is 0. The number of non-ortho nitro benzene ring substituents is 1. The fourth-order valence-electron chi connectivity index (χ4n) is 2.93. The van der Waals surface area contributed by atoms with Gasteiger partial charge in [0.2, 0.25) is 5.91 Å². The number of carbonyl (C=O) groups excluding carboxylic acids is 3. The minimum atomic E-state index is -0.670. The first kappa shape index (κ1) is 19.6. The second-order valence-corrected chi connectivity index (χ2v) is 7.27. The van der Waals surface area contributed by atoms with Crippen LogP contribution >= 0.6 is 0 Å². The third-order valence-corrected chi connectivity index (χ3v) is 3.98. The number of nitro benzene ring substituents is 1. The molecule has 0 spiro atoms. The number of amides is 3. The van der Waals surface area contributed by atoms with Crippen LogP contribution in [0.3, 0.4) is 0 Å². The molecule has 0 radical (unpaired) electrons. The molecule has 1 aliphatic heterocycles. The van der Waals surface area contributed by atoms with Crippen molar-refractivity contribution in [1.82, 2.24) is 9.80 Å². The maximum atomic E-state index is 12.7. The lowest BCUT2D eigenvalue weighted by Crippen LogP contribution is -2.45. The number of nitro groups is 1. The van der Waals surface area contributed by atoms with Gasteiger partial charge in [-0.2, -0.15) is 0 Å². The van der Waals surface area contributed by atoms with E-state index >= 15 is 0 Å². The van der Waals surface area contributed by atoms with Gasteiger partial charge in [0.25, 0.3) is 17.5 Å². The van der Waals surface area contributed by atoms with E-state index in [9.17, 15) is 24.5 Å². The average Bonchev–Trinajstić information content (AvgIpc) is 2.78. The summed E-state index contributed by atoms with van der Waals surface area (Å²) in [5, 5.41) is 10.9. The molecule has 8 heteroatoms. The molecule has 1 aromatic carbocycles. The van der Waals surface area contributed by atoms with Gasteiger partial charge in [-0.25, -0.2) is 0 Å². The van der Waals surface area contributed by atoms with Crippen molar-refractivity contribution in [2.75, 3.05) is 19.6 Å². The van der Waals surface area contributed by atoms with E-state index in [0.717, 1.165) is 11.0 Å². The highest BCUT2D eigenvalue weighted by Gasteiger charge is 2.38. The molecule has 8 nitrogen and oxygen atoms in total. The summed E-state index contributed by atoms with van der Waals surface area (Å²) in [5.41, 5.74) is -0.205. The number of nitrogens with zero attached hydrogens (tertiary/aromatic N) is 3. The topological polar surface area (TPSA) is 101 Å². The quantitative estimate of drug-likeness (QED) is 0.421. The zero-order valence-corrected chi connectivity index (χ0v) is 15.4. The first-order valence-corrected chi connectivity index (χ1v) is 8.54. The molecule has 1 aromatic rings. The number of rotatable bonds is 7. The summed E-state index contributed by atoms with van der Waals surface area (Å²) in [4.78, 5) is 50.4. The van der Waals surface area contributed by atoms with Crippen LogP contribution in [-0.4, -0.2) is 52.1 Å². The Morgan fingerprint density at radius 1 is 1.08 bits per heavy atom. The standard InChI is InChI=1S/C18H23N3O5/c1-11(2)8-19(9-12(3)4)16(22)10-20-17(23)14-6-5-13(21(25)26)7-15(14)18(20)24/h5-7,11-12H,8-10H2,1-4H3. The Hall–Kier alpha value is -2.77. The molecule has 0 saturated heterocycles. The summed E-state index contributed by atoms with van der Waals surface area (Å²) in [7, 11) is 0. The summed E-state index contributed by atoms with van der Waals surface area (Å²) in [6.07, 6.45) is 0. The van der Waals surface area contributed by atoms with Gasteiger partial charge in [0, 0.05) is 25.2 Å². The summed E-state index contributed by atoms with van der Waals surface area (Å²) in [6.45, 7) is 8.66. The fourth-order valence-corrected chi connectivity index (χ4v) is 2.93. The number of fused-ring (bicyclic) bond motifs is 1. The third kappa shape index (κ3) is 4.07. The SMILES string of the molecule is CC(C)CN(CC(C)C)C(=O)CN1C(=O)c2ccc([N+](=O)[O-])cc2C1=O. The molecule has 140 valence electrons. The highest BCUT2D eigenvalue weighted by Crippen LogP contribution is 2.26. The minimum absolute atomic E-state index is 0.0312. The summed E-state index contributed by atoms with van der Waals surface area (Å²) >= 11 is 0. The second kappa shape index (κ2) is 7.63. The van der Waals surface area contributed by atoms with Crippen molar-refractivity contribution < 1.29 is 19.3 Å². The Bertz CT molecular complexity index is 747. The van der Waals surface area contributed by atoms with Gasteiger partial charge in [0.1, 0.15) is 6.54 Å². The van der Waals surface area contributed by atoms with Gasteiger partial charge in [-0.1, -0.05) is 27.7 Å². The molecule has 0 bridgehead atoms. The van der Waals surface area contributed by atoms with Gasteiger partial charge < -0.3 is 4.90 Å². The maximum absolute atomic E-state index is 12.7. The molecular weight excluding hydrogens is 338 g/mol. The number of benzene rings is 1. The Labute approximate surface area is 151 Å². The number of carbonyl (C=O) groups is 3. The highest BCUT2D eigenvalue weighted by molar-refractivity contribution is 6.22. The van der Waals surface area contributed by atoms with Crippen molar-refractivity contribution in [1.29, 1.82) is 0 Å². The van der Waals surface area contributed by atoms with E-state index in [1.807, 2.05) is 27.7 Å². The van der Waals surface area contributed by atoms with Crippen LogP contribution in [-0.2, 0) is 4.79 Å². The lowest BCUT2D eigenvalue weighted by molar-refractivity contribution is -0.384. The van der Waals surface area contributed by atoms with Gasteiger partial charge in [0.05, 0.1) is 16.1 Å². The van der Waals surface area contributed by atoms with E-state index in [1.165, 1.54) is 12.1 Å². The molecular formula is C18H23N3O5. The lowest BCUT2D eigenvalue weighted by atomic mass is 10.1. The molecule has 3 amide bonds. The second-order valence-electron chi connectivity index (χ2n) is 7.27. The van der Waals surface area contributed by atoms with Crippen LogP contribution < -0.4 is 0 Å². The van der Waals surface area contributed by atoms with Crippen LogP contribution in [0.5, 0.6) is 0 Å². The summed E-state index contributed by atoms with van der Waals surface area (Å²) < 4.78 is 0. The predicted molar refractivity (Wildman–Crippen MR) is 94.7 cm³/mol. The van der Waals surface area contributed by atoms with E-state index in [-0.39, 0.29) is 41.1 Å². The van der Waals surface area contributed by atoms with Gasteiger partial charge in [0.15, 0.2) is 0 Å². The molecule has 1 aliphatic rings. The summed E-state index contributed by atoms with van der Waals surface area (Å²) in [6, 6.07) is 3.53. The van der Waals surface area contributed by atoms with E-state index in [1.54, 1.807) is 4.90 Å². The monoisotopic (exact) mass is 361 g/mol. The normalized spacial score (nSPS) is 13.5. The van der Waals surface area contributed by atoms with Crippen LogP contribution in [0, 0.1) is 22.0 Å². The van der Waals surface area contributed by atoms with Gasteiger partial charge in [-0.15, -0.1) is 0 Å². The molecule has 26 heavy (non-hydrogen) atoms. The molecule has 0 aromatic heterocycles. The molecule has 1 heterocycles. The van der Waals surface area contributed by atoms with Crippen molar-refractivity contribution in [2.45, 2.75) is 27.7 Å². The van der Waals surface area contributed by atoms with Crippen molar-refractivity contribution in [2.24, 2.45) is 11.8 Å². The Morgan fingerprint density at radius 3 is 2.12 bits per heavy atom. The van der Waals surface area contributed by atoms with Crippen LogP contribution in [0.2, 0.25) is 0 Å². The predicted octanol–water partition coefficient (Wildman–Crippen LogP) is 2.33. The zero-order valence-electron chi connectivity index (χ0n) is 15.4. The van der Waals surface area contributed by atoms with Crippen molar-refractivity contribution in [3.8, 4) is 0 Å². The third-order valence-electron chi connectivity index (χ3n) is 3.98. The van der Waals surface area contributed by atoms with Gasteiger partial charge in [-0.3, -0.25) is 29.4 Å². The lowest BCUT2D eigenvalue weighted by Gasteiger charge is -2.28. The van der Waals surface area contributed by atoms with Gasteiger partial charge >= 0.3 is 0 Å². The molecule has 2 rings (SSSR count). The number of imide groups is 1. The zero-order chi connectivity index (χ0) is 19.6. The summed E-state index contributed by atoms with van der Waals surface area (Å²) in [5.74, 6) is -1.07. The fraction of sp³-hybridized carbons (Fsp3) is 0.500. The van der Waals surface area contributed by atoms with Crippen LogP contribution in [0.15, 0.2) is 18.2 Å². The Kier molecular flexibility index (Phi) is 5.74. The van der Waals surface area contributed by atoms with Crippen LogP contribution in [0.25, 0.3) is 0 Å². The first-order chi connectivity index (χ1) is 12.1. The number of hydrogen-bond acceptors (Lipinski definition) is 5. The van der Waals surface area contributed by atoms with E-state index in [0.29, 0.717) is 13.1 Å². The molecule has 0 saturated carbocycles. The molecule has 0 atom stereocenters. The van der Waals surface area contributed by atoms with Crippen molar-refractivity contribution in [3.63, 3.8) is 0 Å². The molecule has 0 fully saturated rings. The molecule has 0 unspecified atom stereocenters. The Balaban J connectivity index is 2.21. The first-order valence-electron chi connectivity index (χ1n) is 8.54. The van der Waals surface area contributed by atoms with Crippen LogP contribution in [0.4, 0.5) is 5.69 Å². The van der Waals surface area contributed by atoms with Crippen LogP contribution in [0.1, 0.15) is 48.4 Å². The minimum Gasteiger partial charge on any atom is -0.341 e. The van der Waals surface area contributed by atoms with E-state index < -0.39 is 16.7 Å². The van der Waals surface area contributed by atoms with E-state index in [4.69, 9.17) is 0 Å². The van der Waals surface area contributed by atoms with E-state index in [2.05, 4.69) is 0 Å². The highest BCUT2D eigenvalue weighted by atomic mass is 16.6. The van der Waals surface area contributed by atoms with Gasteiger partial charge in [-0.05, 0) is 17.9 Å². The smallest absolute Gasteiger partial charge is 0.270 e. The van der Waals surface area contributed by atoms with Crippen molar-refractivity contribution >= 4 is 23.4 Å².